The number of nitrogens with two attached hydrogens (primary N) is 1. The highest BCUT2D eigenvalue weighted by molar-refractivity contribution is 5.89. The van der Waals surface area contributed by atoms with Crippen LogP contribution in [0.15, 0.2) is 12.3 Å². The minimum Gasteiger partial charge on any atom is -0.461 e. The van der Waals surface area contributed by atoms with Crippen molar-refractivity contribution in [2.75, 3.05) is 19.5 Å². The zero-order chi connectivity index (χ0) is 14.6. The van der Waals surface area contributed by atoms with Crippen molar-refractivity contribution in [1.82, 2.24) is 4.57 Å². The molecule has 0 radical (unpaired) electrons. The standard InChI is InChI=1S/C14H24N2O3/c1-10(2)16-9-11(15)8-12(16)13(17)19-7-6-14(3,4)18-5/h8-10H,6-7,15H2,1-5H3. The van der Waals surface area contributed by atoms with Gasteiger partial charge in [-0.2, -0.15) is 0 Å². The maximum atomic E-state index is 12.0. The van der Waals surface area contributed by atoms with Gasteiger partial charge in [-0.25, -0.2) is 4.79 Å². The maximum Gasteiger partial charge on any atom is 0.355 e. The van der Waals surface area contributed by atoms with Gasteiger partial charge in [0, 0.05) is 25.8 Å². The number of aromatic nitrogens is 1. The third-order valence-corrected chi connectivity index (χ3v) is 3.13. The van der Waals surface area contributed by atoms with Crippen molar-refractivity contribution in [3.63, 3.8) is 0 Å². The van der Waals surface area contributed by atoms with Crippen LogP contribution in [0.3, 0.4) is 0 Å². The predicted octanol–water partition coefficient (Wildman–Crippen LogP) is 2.62. The first-order valence-corrected chi connectivity index (χ1v) is 6.46. The second-order valence-electron chi connectivity index (χ2n) is 5.51. The Bertz CT molecular complexity index is 436. The van der Waals surface area contributed by atoms with Gasteiger partial charge in [-0.1, -0.05) is 0 Å². The predicted molar refractivity (Wildman–Crippen MR) is 75.2 cm³/mol. The second-order valence-corrected chi connectivity index (χ2v) is 5.51. The molecule has 0 aliphatic rings. The summed E-state index contributed by atoms with van der Waals surface area (Å²) in [7, 11) is 1.65. The summed E-state index contributed by atoms with van der Waals surface area (Å²) < 4.78 is 12.4. The number of ether oxygens (including phenoxy) is 2. The normalized spacial score (nSPS) is 11.9. The SMILES string of the molecule is COC(C)(C)CCOC(=O)c1cc(N)cn1C(C)C. The Morgan fingerprint density at radius 3 is 2.63 bits per heavy atom. The molecular weight excluding hydrogens is 244 g/mol. The van der Waals surface area contributed by atoms with Crippen molar-refractivity contribution in [1.29, 1.82) is 0 Å². The molecule has 0 aromatic carbocycles. The Morgan fingerprint density at radius 2 is 2.11 bits per heavy atom. The number of nitrogens with zero attached hydrogens (tertiary/aromatic N) is 1. The number of anilines is 1. The summed E-state index contributed by atoms with van der Waals surface area (Å²) in [5, 5.41) is 0. The van der Waals surface area contributed by atoms with Crippen LogP contribution >= 0.6 is 0 Å². The van der Waals surface area contributed by atoms with Crippen LogP contribution in [0.2, 0.25) is 0 Å². The fraction of sp³-hybridized carbons (Fsp3) is 0.643. The Morgan fingerprint density at radius 1 is 1.47 bits per heavy atom. The van der Waals surface area contributed by atoms with Gasteiger partial charge in [0.1, 0.15) is 5.69 Å². The van der Waals surface area contributed by atoms with Crippen LogP contribution in [0.25, 0.3) is 0 Å². The zero-order valence-electron chi connectivity index (χ0n) is 12.4. The highest BCUT2D eigenvalue weighted by Crippen LogP contribution is 2.18. The summed E-state index contributed by atoms with van der Waals surface area (Å²) in [5.74, 6) is -0.350. The van der Waals surface area contributed by atoms with Gasteiger partial charge in [0.2, 0.25) is 0 Å². The maximum absolute atomic E-state index is 12.0. The molecule has 19 heavy (non-hydrogen) atoms. The third kappa shape index (κ3) is 4.28. The quantitative estimate of drug-likeness (QED) is 0.805. The molecule has 0 fully saturated rings. The van der Waals surface area contributed by atoms with Gasteiger partial charge in [0.05, 0.1) is 17.9 Å². The lowest BCUT2D eigenvalue weighted by Gasteiger charge is -2.22. The van der Waals surface area contributed by atoms with Crippen LogP contribution in [0.4, 0.5) is 5.69 Å². The molecule has 0 aliphatic carbocycles. The summed E-state index contributed by atoms with van der Waals surface area (Å²) in [5.41, 5.74) is 6.49. The fourth-order valence-corrected chi connectivity index (χ4v) is 1.66. The molecule has 0 amide bonds. The Balaban J connectivity index is 2.64. The smallest absolute Gasteiger partial charge is 0.355 e. The van der Waals surface area contributed by atoms with Crippen LogP contribution in [0.1, 0.15) is 50.6 Å². The van der Waals surface area contributed by atoms with Crippen molar-refractivity contribution in [2.45, 2.75) is 45.8 Å². The van der Waals surface area contributed by atoms with Crippen molar-refractivity contribution < 1.29 is 14.3 Å². The molecule has 108 valence electrons. The molecule has 0 saturated heterocycles. The largest absolute Gasteiger partial charge is 0.461 e. The number of esters is 1. The first kappa shape index (κ1) is 15.6. The van der Waals surface area contributed by atoms with Crippen molar-refractivity contribution in [3.05, 3.63) is 18.0 Å². The lowest BCUT2D eigenvalue weighted by atomic mass is 10.1. The van der Waals surface area contributed by atoms with Crippen molar-refractivity contribution >= 4 is 11.7 Å². The molecule has 0 atom stereocenters. The van der Waals surface area contributed by atoms with E-state index < -0.39 is 0 Å². The minimum absolute atomic E-state index is 0.162. The van der Waals surface area contributed by atoms with Gasteiger partial charge in [-0.05, 0) is 33.8 Å². The van der Waals surface area contributed by atoms with Gasteiger partial charge in [-0.3, -0.25) is 0 Å². The van der Waals surface area contributed by atoms with E-state index in [-0.39, 0.29) is 17.6 Å². The van der Waals surface area contributed by atoms with E-state index in [1.54, 1.807) is 19.4 Å². The number of nitrogen functional groups attached to an aromatic ring is 1. The van der Waals surface area contributed by atoms with Crippen LogP contribution < -0.4 is 5.73 Å². The summed E-state index contributed by atoms with van der Waals surface area (Å²) in [6, 6.07) is 1.80. The summed E-state index contributed by atoms with van der Waals surface area (Å²) >= 11 is 0. The van der Waals surface area contributed by atoms with Gasteiger partial charge in [0.25, 0.3) is 0 Å². The molecule has 5 heteroatoms. The molecule has 2 N–H and O–H groups in total. The fourth-order valence-electron chi connectivity index (χ4n) is 1.66. The number of carbonyl (C=O) groups is 1. The molecule has 1 rings (SSSR count). The van der Waals surface area contributed by atoms with Crippen LogP contribution in [-0.2, 0) is 9.47 Å². The Labute approximate surface area is 114 Å². The molecule has 0 saturated carbocycles. The first-order chi connectivity index (χ1) is 8.76. The highest BCUT2D eigenvalue weighted by Gasteiger charge is 2.19. The molecule has 0 bridgehead atoms. The first-order valence-electron chi connectivity index (χ1n) is 6.46. The lowest BCUT2D eigenvalue weighted by molar-refractivity contribution is -0.00597. The van der Waals surface area contributed by atoms with E-state index in [9.17, 15) is 4.79 Å². The van der Waals surface area contributed by atoms with Crippen LogP contribution in [0.5, 0.6) is 0 Å². The van der Waals surface area contributed by atoms with E-state index in [4.69, 9.17) is 15.2 Å². The average molecular weight is 268 g/mol. The number of methoxy groups -OCH3 is 1. The van der Waals surface area contributed by atoms with E-state index in [1.807, 2.05) is 32.3 Å². The molecule has 1 aromatic rings. The van der Waals surface area contributed by atoms with E-state index in [2.05, 4.69) is 0 Å². The van der Waals surface area contributed by atoms with Gasteiger partial charge < -0.3 is 19.8 Å². The lowest BCUT2D eigenvalue weighted by Crippen LogP contribution is -2.25. The third-order valence-electron chi connectivity index (χ3n) is 3.13. The second kappa shape index (κ2) is 6.10. The van der Waals surface area contributed by atoms with Crippen molar-refractivity contribution in [3.8, 4) is 0 Å². The number of carbonyl (C=O) groups excluding carboxylic acids is 1. The topological polar surface area (TPSA) is 66.5 Å². The van der Waals surface area contributed by atoms with Gasteiger partial charge in [-0.15, -0.1) is 0 Å². The summed E-state index contributed by atoms with van der Waals surface area (Å²) in [6.07, 6.45) is 2.40. The van der Waals surface area contributed by atoms with E-state index >= 15 is 0 Å². The van der Waals surface area contributed by atoms with Crippen molar-refractivity contribution in [2.24, 2.45) is 0 Å². The zero-order valence-corrected chi connectivity index (χ0v) is 12.4. The van der Waals surface area contributed by atoms with E-state index in [0.717, 1.165) is 0 Å². The molecule has 0 unspecified atom stereocenters. The number of hydrogen-bond donors (Lipinski definition) is 1. The molecule has 0 spiro atoms. The van der Waals surface area contributed by atoms with Gasteiger partial charge in [0.15, 0.2) is 0 Å². The monoisotopic (exact) mass is 268 g/mol. The van der Waals surface area contributed by atoms with Gasteiger partial charge >= 0.3 is 5.97 Å². The van der Waals surface area contributed by atoms with E-state index in [0.29, 0.717) is 24.4 Å². The molecular formula is C14H24N2O3. The van der Waals surface area contributed by atoms with E-state index in [1.165, 1.54) is 0 Å². The number of hydrogen-bond acceptors (Lipinski definition) is 4. The minimum atomic E-state index is -0.350. The average Bonchev–Trinajstić information content (AvgIpc) is 2.71. The summed E-state index contributed by atoms with van der Waals surface area (Å²) in [4.78, 5) is 12.0. The molecule has 0 aliphatic heterocycles. The molecule has 1 aromatic heterocycles. The Hall–Kier alpha value is -1.49. The van der Waals surface area contributed by atoms with Crippen LogP contribution in [0, 0.1) is 0 Å². The van der Waals surface area contributed by atoms with Crippen LogP contribution in [-0.4, -0.2) is 29.9 Å². The molecule has 5 nitrogen and oxygen atoms in total. The summed E-state index contributed by atoms with van der Waals surface area (Å²) in [6.45, 7) is 8.21. The number of rotatable bonds is 6. The molecule has 1 heterocycles. The highest BCUT2D eigenvalue weighted by atomic mass is 16.5. The Kier molecular flexibility index (Phi) is 5.00.